The Morgan fingerprint density at radius 1 is 0.795 bits per heavy atom. The lowest BCUT2D eigenvalue weighted by Crippen LogP contribution is -3.00. The Labute approximate surface area is 260 Å². The number of amides is 4. The number of hydroxylamine groups is 2. The van der Waals surface area contributed by atoms with Gasteiger partial charge < -0.3 is 35.8 Å². The third-order valence-corrected chi connectivity index (χ3v) is 6.96. The molecule has 16 nitrogen and oxygen atoms in total. The average molecular weight is 641 g/mol. The van der Waals surface area contributed by atoms with Gasteiger partial charge in [0.25, 0.3) is 5.91 Å². The van der Waals surface area contributed by atoms with Crippen molar-refractivity contribution >= 4 is 46.8 Å². The van der Waals surface area contributed by atoms with Gasteiger partial charge in [-0.2, -0.15) is 10.1 Å². The first kappa shape index (κ1) is 35.8. The van der Waals surface area contributed by atoms with Crippen molar-refractivity contribution in [3.63, 3.8) is 0 Å². The van der Waals surface area contributed by atoms with Gasteiger partial charge in [-0.1, -0.05) is 0 Å². The fraction of sp³-hybridized carbons (Fsp3) is 0.407. The zero-order chi connectivity index (χ0) is 31.7. The zero-order valence-corrected chi connectivity index (χ0v) is 25.8. The summed E-state index contributed by atoms with van der Waals surface area (Å²) >= 11 is 0. The van der Waals surface area contributed by atoms with E-state index in [0.29, 0.717) is 52.2 Å². The Morgan fingerprint density at radius 3 is 1.64 bits per heavy atom. The van der Waals surface area contributed by atoms with Crippen molar-refractivity contribution < 1.29 is 65.4 Å². The van der Waals surface area contributed by atoms with Crippen molar-refractivity contribution in [1.29, 1.82) is 0 Å². The third-order valence-electron chi connectivity index (χ3n) is 6.96. The molecular formula is C27H37ClN6O10. The van der Waals surface area contributed by atoms with Gasteiger partial charge >= 0.3 is 18.1 Å². The van der Waals surface area contributed by atoms with E-state index in [1.165, 1.54) is 64.8 Å². The molecule has 0 atom stereocenters. The number of quaternary nitrogens is 1. The van der Waals surface area contributed by atoms with Crippen LogP contribution in [0.3, 0.4) is 0 Å². The molecule has 1 fully saturated rings. The van der Waals surface area contributed by atoms with E-state index in [1.807, 2.05) is 11.9 Å². The summed E-state index contributed by atoms with van der Waals surface area (Å²) in [7, 11) is 7.09. The van der Waals surface area contributed by atoms with Crippen molar-refractivity contribution in [1.82, 2.24) is 4.90 Å². The molecule has 1 heterocycles. The van der Waals surface area contributed by atoms with Crippen LogP contribution in [0.1, 0.15) is 0 Å². The number of rotatable bonds is 10. The maximum Gasteiger partial charge on any atom is 0.411 e. The summed E-state index contributed by atoms with van der Waals surface area (Å²) in [6, 6.07) is 8.65. The first-order valence-corrected chi connectivity index (χ1v) is 13.1. The highest BCUT2D eigenvalue weighted by atomic mass is 35.5. The first-order chi connectivity index (χ1) is 20.4. The van der Waals surface area contributed by atoms with Crippen LogP contribution in [0.15, 0.2) is 36.4 Å². The largest absolute Gasteiger partial charge is 1.00 e. The van der Waals surface area contributed by atoms with Crippen molar-refractivity contribution in [2.75, 3.05) is 95.5 Å². The normalized spacial score (nSPS) is 13.9. The number of nitrogens with zero attached hydrogens (tertiary/aromatic N) is 4. The summed E-state index contributed by atoms with van der Waals surface area (Å²) in [5, 5.41) is 27.1. The molecule has 44 heavy (non-hydrogen) atoms. The Morgan fingerprint density at radius 2 is 1.23 bits per heavy atom. The molecular weight excluding hydrogens is 604 g/mol. The van der Waals surface area contributed by atoms with Gasteiger partial charge in [-0.05, 0) is 24.3 Å². The predicted molar refractivity (Wildman–Crippen MR) is 154 cm³/mol. The Hall–Kier alpha value is -4.35. The van der Waals surface area contributed by atoms with E-state index < -0.39 is 24.0 Å². The minimum absolute atomic E-state index is 0. The minimum Gasteiger partial charge on any atom is -1.00 e. The predicted octanol–water partition coefficient (Wildman–Crippen LogP) is -1.03. The molecule has 0 bridgehead atoms. The quantitative estimate of drug-likeness (QED) is 0.142. The average Bonchev–Trinajstić information content (AvgIpc) is 3.01. The molecule has 0 spiro atoms. The van der Waals surface area contributed by atoms with Gasteiger partial charge in [-0.25, -0.2) is 9.59 Å². The number of methoxy groups -OCH3 is 4. The van der Waals surface area contributed by atoms with Crippen LogP contribution < -0.4 is 42.6 Å². The highest BCUT2D eigenvalue weighted by Gasteiger charge is 2.34. The lowest BCUT2D eigenvalue weighted by atomic mass is 10.2. The van der Waals surface area contributed by atoms with Gasteiger partial charge in [0.1, 0.15) is 11.5 Å². The third kappa shape index (κ3) is 9.08. The minimum atomic E-state index is -0.698. The molecule has 2 aromatic carbocycles. The molecule has 242 valence electrons. The number of anilines is 4. The van der Waals surface area contributed by atoms with Gasteiger partial charge in [-0.15, -0.1) is 0 Å². The van der Waals surface area contributed by atoms with Crippen LogP contribution in [0.4, 0.5) is 32.3 Å². The summed E-state index contributed by atoms with van der Waals surface area (Å²) in [6.45, 7) is 1.84. The molecule has 0 aliphatic carbocycles. The van der Waals surface area contributed by atoms with E-state index in [2.05, 4.69) is 20.1 Å². The fourth-order valence-electron chi connectivity index (χ4n) is 4.40. The van der Waals surface area contributed by atoms with E-state index in [4.69, 9.17) is 9.47 Å². The van der Waals surface area contributed by atoms with Crippen LogP contribution in [0.5, 0.6) is 11.5 Å². The summed E-state index contributed by atoms with van der Waals surface area (Å²) in [6.07, 6.45) is -1.40. The van der Waals surface area contributed by atoms with Gasteiger partial charge in [0, 0.05) is 25.2 Å². The molecule has 0 saturated carbocycles. The number of likely N-dealkylation sites (N-methyl/N-ethyl adjacent to an activating group) is 1. The van der Waals surface area contributed by atoms with Gasteiger partial charge in [-0.3, -0.25) is 35.5 Å². The first-order valence-electron chi connectivity index (χ1n) is 13.1. The van der Waals surface area contributed by atoms with E-state index in [0.717, 1.165) is 0 Å². The molecule has 1 saturated heterocycles. The van der Waals surface area contributed by atoms with E-state index in [1.54, 1.807) is 0 Å². The molecule has 1 aliphatic heterocycles. The maximum atomic E-state index is 13.0. The molecule has 17 heteroatoms. The summed E-state index contributed by atoms with van der Waals surface area (Å²) < 4.78 is 19.9. The highest BCUT2D eigenvalue weighted by Crippen LogP contribution is 2.31. The Bertz CT molecular complexity index is 1340. The number of piperazine rings is 1. The SMILES string of the molecule is COC(=O)Nc1ccc(N(O)C(=O)CN2CC[N+](C)(CC(=O)N(O)c3ccc(NC(=O)OC)c(OC)c3)CC2)cc1OC.[Cl-]. The number of carbonyl (C=O) groups is 4. The fourth-order valence-corrected chi connectivity index (χ4v) is 4.40. The topological polar surface area (TPSA) is 179 Å². The lowest BCUT2D eigenvalue weighted by molar-refractivity contribution is -0.906. The molecule has 4 N–H and O–H groups in total. The molecule has 0 unspecified atom stereocenters. The van der Waals surface area contributed by atoms with Crippen molar-refractivity contribution in [2.24, 2.45) is 0 Å². The standard InChI is InChI=1S/C27H36N6O10.ClH/c1-33(17-25(35)32(39)19-7-9-21(23(15-19)41-3)29-27(37)43-5)12-10-30(11-13-33)16-24(34)31(38)18-6-8-20(22(14-18)40-2)28-26(36)42-4;/h6-9,14-15,38-39H,10-13,16-17H2,1-5H3,(H-,28,29,36,37);1H. The lowest BCUT2D eigenvalue weighted by Gasteiger charge is -2.41. The van der Waals surface area contributed by atoms with Crippen LogP contribution in [0.2, 0.25) is 0 Å². The molecule has 3 rings (SSSR count). The number of carbonyl (C=O) groups excluding carboxylic acids is 4. The number of benzene rings is 2. The van der Waals surface area contributed by atoms with Gasteiger partial charge in [0.15, 0.2) is 6.54 Å². The van der Waals surface area contributed by atoms with Crippen molar-refractivity contribution in [3.05, 3.63) is 36.4 Å². The summed E-state index contributed by atoms with van der Waals surface area (Å²) in [5.41, 5.74) is 0.905. The number of hydrogen-bond acceptors (Lipinski definition) is 11. The molecule has 0 aromatic heterocycles. The van der Waals surface area contributed by atoms with Crippen molar-refractivity contribution in [2.45, 2.75) is 0 Å². The van der Waals surface area contributed by atoms with Gasteiger partial charge in [0.2, 0.25) is 0 Å². The second-order valence-electron chi connectivity index (χ2n) is 9.91. The molecule has 2 aromatic rings. The van der Waals surface area contributed by atoms with Crippen LogP contribution in [0, 0.1) is 0 Å². The maximum absolute atomic E-state index is 13.0. The molecule has 1 aliphatic rings. The van der Waals surface area contributed by atoms with E-state index >= 15 is 0 Å². The smallest absolute Gasteiger partial charge is 0.411 e. The molecule has 0 radical (unpaired) electrons. The van der Waals surface area contributed by atoms with Crippen LogP contribution in [0.25, 0.3) is 0 Å². The summed E-state index contributed by atoms with van der Waals surface area (Å²) in [4.78, 5) is 50.7. The summed E-state index contributed by atoms with van der Waals surface area (Å²) in [5.74, 6) is -0.693. The van der Waals surface area contributed by atoms with Crippen molar-refractivity contribution in [3.8, 4) is 11.5 Å². The van der Waals surface area contributed by atoms with E-state index in [9.17, 15) is 29.6 Å². The number of hydrogen-bond donors (Lipinski definition) is 4. The number of ether oxygens (including phenoxy) is 4. The second kappa shape index (κ2) is 15.9. The Balaban J connectivity index is 0.00000675. The van der Waals surface area contributed by atoms with Crippen LogP contribution >= 0.6 is 0 Å². The highest BCUT2D eigenvalue weighted by molar-refractivity contribution is 5.95. The van der Waals surface area contributed by atoms with E-state index in [-0.39, 0.29) is 48.4 Å². The molecule has 4 amide bonds. The number of halogens is 1. The Kier molecular flexibility index (Phi) is 13.0. The van der Waals surface area contributed by atoms with Crippen LogP contribution in [-0.4, -0.2) is 119 Å². The van der Waals surface area contributed by atoms with Crippen LogP contribution in [-0.2, 0) is 19.1 Å². The second-order valence-corrected chi connectivity index (χ2v) is 9.91. The monoisotopic (exact) mass is 640 g/mol. The van der Waals surface area contributed by atoms with Gasteiger partial charge in [0.05, 0.1) is 77.9 Å². The number of nitrogens with one attached hydrogen (secondary N) is 2. The zero-order valence-electron chi connectivity index (χ0n) is 25.0.